The van der Waals surface area contributed by atoms with Crippen molar-refractivity contribution >= 4 is 0 Å². The molecule has 90 valence electrons. The molecular weight excluding hydrogens is 224 g/mol. The van der Waals surface area contributed by atoms with E-state index in [1.807, 2.05) is 0 Å². The molecule has 0 bridgehead atoms. The molecule has 2 aromatic rings. The summed E-state index contributed by atoms with van der Waals surface area (Å²) in [4.78, 5) is 0.367. The van der Waals surface area contributed by atoms with Gasteiger partial charge in [-0.25, -0.2) is 0 Å². The fourth-order valence-electron chi connectivity index (χ4n) is 1.54. The van der Waals surface area contributed by atoms with Crippen LogP contribution in [0.15, 0.2) is 22.8 Å². The molecule has 0 aliphatic heterocycles. The summed E-state index contributed by atoms with van der Waals surface area (Å²) in [5.41, 5.74) is 1.62. The molecule has 2 rings (SSSR count). The van der Waals surface area contributed by atoms with Crippen LogP contribution in [0.4, 0.5) is 0 Å². The number of hydrogen-bond acceptors (Lipinski definition) is 5. The third-order valence-corrected chi connectivity index (χ3v) is 2.48. The van der Waals surface area contributed by atoms with Crippen LogP contribution in [0.1, 0.15) is 5.69 Å². The van der Waals surface area contributed by atoms with Crippen LogP contribution in [0.3, 0.4) is 0 Å². The summed E-state index contributed by atoms with van der Waals surface area (Å²) in [6.45, 7) is 1.63. The van der Waals surface area contributed by atoms with E-state index in [2.05, 4.69) is 9.79 Å². The predicted octanol–water partition coefficient (Wildman–Crippen LogP) is 1.30. The summed E-state index contributed by atoms with van der Waals surface area (Å²) in [5.74, 6) is 1.19. The van der Waals surface area contributed by atoms with Crippen LogP contribution in [-0.4, -0.2) is 19.4 Å². The average Bonchev–Trinajstić information content (AvgIpc) is 2.69. The fourth-order valence-corrected chi connectivity index (χ4v) is 1.54. The van der Waals surface area contributed by atoms with Crippen molar-refractivity contribution in [3.8, 4) is 22.8 Å². The van der Waals surface area contributed by atoms with Crippen LogP contribution in [-0.2, 0) is 0 Å². The molecule has 0 radical (unpaired) electrons. The maximum absolute atomic E-state index is 11.1. The zero-order chi connectivity index (χ0) is 12.4. The Morgan fingerprint density at radius 3 is 2.47 bits per heavy atom. The van der Waals surface area contributed by atoms with Gasteiger partial charge in [0.15, 0.2) is 11.5 Å². The number of hydrogen-bond donors (Lipinski definition) is 0. The second-order valence-corrected chi connectivity index (χ2v) is 3.43. The number of methoxy groups -OCH3 is 2. The topological polar surface area (TPSA) is 71.4 Å². The molecule has 6 nitrogen and oxygen atoms in total. The van der Waals surface area contributed by atoms with Gasteiger partial charge in [0.25, 0.3) is 5.69 Å². The Balaban J connectivity index is 2.50. The lowest BCUT2D eigenvalue weighted by Gasteiger charge is -2.07. The van der Waals surface area contributed by atoms with Gasteiger partial charge in [0, 0.05) is 17.6 Å². The molecule has 1 aromatic heterocycles. The van der Waals surface area contributed by atoms with Gasteiger partial charge in [0.2, 0.25) is 5.69 Å². The summed E-state index contributed by atoms with van der Waals surface area (Å²) in [7, 11) is 3.11. The molecule has 0 atom stereocenters. The first kappa shape index (κ1) is 11.3. The molecule has 1 heterocycles. The normalized spacial score (nSPS) is 10.3. The number of nitrogens with zero attached hydrogens (tertiary/aromatic N) is 2. The van der Waals surface area contributed by atoms with Gasteiger partial charge in [-0.1, -0.05) is 0 Å². The largest absolute Gasteiger partial charge is 0.493 e. The lowest BCUT2D eigenvalue weighted by atomic mass is 10.1. The lowest BCUT2D eigenvalue weighted by Crippen LogP contribution is -2.25. The van der Waals surface area contributed by atoms with Crippen LogP contribution in [0.5, 0.6) is 11.5 Å². The molecule has 0 aliphatic rings. The van der Waals surface area contributed by atoms with E-state index in [0.29, 0.717) is 27.8 Å². The maximum atomic E-state index is 11.1. The van der Waals surface area contributed by atoms with E-state index in [4.69, 9.17) is 9.47 Å². The maximum Gasteiger partial charge on any atom is 0.251 e. The smallest absolute Gasteiger partial charge is 0.251 e. The Morgan fingerprint density at radius 1 is 1.24 bits per heavy atom. The molecule has 0 amide bonds. The van der Waals surface area contributed by atoms with Crippen LogP contribution in [0.2, 0.25) is 0 Å². The quantitative estimate of drug-likeness (QED) is 0.751. The van der Waals surface area contributed by atoms with Gasteiger partial charge < -0.3 is 14.7 Å². The van der Waals surface area contributed by atoms with Crippen LogP contribution >= 0.6 is 0 Å². The van der Waals surface area contributed by atoms with Crippen molar-refractivity contribution in [1.29, 1.82) is 0 Å². The molecule has 0 saturated carbocycles. The number of ether oxygens (including phenoxy) is 2. The monoisotopic (exact) mass is 236 g/mol. The molecule has 0 N–H and O–H groups in total. The van der Waals surface area contributed by atoms with Gasteiger partial charge in [-0.05, 0) is 23.1 Å². The van der Waals surface area contributed by atoms with Crippen LogP contribution < -0.4 is 14.4 Å². The second kappa shape index (κ2) is 4.32. The summed E-state index contributed by atoms with van der Waals surface area (Å²) in [6, 6.07) is 5.27. The molecule has 0 unspecified atom stereocenters. The minimum atomic E-state index is 0.367. The number of rotatable bonds is 3. The Hall–Kier alpha value is -2.24. The minimum absolute atomic E-state index is 0.367. The van der Waals surface area contributed by atoms with Crippen molar-refractivity contribution in [2.75, 3.05) is 14.2 Å². The van der Waals surface area contributed by atoms with Gasteiger partial charge >= 0.3 is 0 Å². The summed E-state index contributed by atoms with van der Waals surface area (Å²) in [6.07, 6.45) is 0. The zero-order valence-corrected chi connectivity index (χ0v) is 9.76. The van der Waals surface area contributed by atoms with Gasteiger partial charge in [-0.2, -0.15) is 0 Å². The van der Waals surface area contributed by atoms with Crippen molar-refractivity contribution in [1.82, 2.24) is 5.16 Å². The first-order valence-electron chi connectivity index (χ1n) is 4.96. The highest BCUT2D eigenvalue weighted by molar-refractivity contribution is 5.64. The Labute approximate surface area is 97.9 Å². The molecule has 0 fully saturated rings. The molecule has 0 spiro atoms. The number of benzene rings is 1. The van der Waals surface area contributed by atoms with E-state index in [-0.39, 0.29) is 0 Å². The van der Waals surface area contributed by atoms with E-state index in [1.165, 1.54) is 0 Å². The predicted molar refractivity (Wildman–Crippen MR) is 58.7 cm³/mol. The molecule has 6 heteroatoms. The summed E-state index contributed by atoms with van der Waals surface area (Å²) in [5, 5.41) is 14.8. The van der Waals surface area contributed by atoms with Gasteiger partial charge in [0.1, 0.15) is 0 Å². The van der Waals surface area contributed by atoms with Crippen LogP contribution in [0, 0.1) is 12.1 Å². The highest BCUT2D eigenvalue weighted by atomic mass is 16.8. The van der Waals surface area contributed by atoms with E-state index in [1.54, 1.807) is 39.3 Å². The highest BCUT2D eigenvalue weighted by Gasteiger charge is 2.18. The highest BCUT2D eigenvalue weighted by Crippen LogP contribution is 2.31. The molecule has 0 saturated heterocycles. The van der Waals surface area contributed by atoms with E-state index < -0.39 is 0 Å². The fraction of sp³-hybridized carbons (Fsp3) is 0.273. The summed E-state index contributed by atoms with van der Waals surface area (Å²) >= 11 is 0. The Morgan fingerprint density at radius 2 is 1.94 bits per heavy atom. The molecular formula is C11H12N2O4. The summed E-state index contributed by atoms with van der Waals surface area (Å²) < 4.78 is 14.8. The van der Waals surface area contributed by atoms with Crippen LogP contribution in [0.25, 0.3) is 11.3 Å². The SMILES string of the molecule is COc1ccc(-c2no[n+]([O-])c2C)cc1OC. The molecule has 1 aromatic carbocycles. The van der Waals surface area contributed by atoms with Crippen molar-refractivity contribution in [3.05, 3.63) is 29.1 Å². The Kier molecular flexibility index (Phi) is 2.86. The first-order chi connectivity index (χ1) is 8.17. The Bertz CT molecular complexity index is 536. The van der Waals surface area contributed by atoms with E-state index in [9.17, 15) is 5.21 Å². The lowest BCUT2D eigenvalue weighted by molar-refractivity contribution is -0.806. The van der Waals surface area contributed by atoms with Crippen molar-refractivity contribution in [2.45, 2.75) is 6.92 Å². The third kappa shape index (κ3) is 1.89. The van der Waals surface area contributed by atoms with Crippen molar-refractivity contribution in [3.63, 3.8) is 0 Å². The van der Waals surface area contributed by atoms with Crippen molar-refractivity contribution < 1.29 is 19.0 Å². The standard InChI is InChI=1S/C11H12N2O4/c1-7-11(12-17-13(7)14)8-4-5-9(15-2)10(6-8)16-3/h4-6H,1-3H3. The van der Waals surface area contributed by atoms with Gasteiger partial charge in [-0.15, -0.1) is 0 Å². The van der Waals surface area contributed by atoms with Gasteiger partial charge in [-0.3, -0.25) is 4.63 Å². The minimum Gasteiger partial charge on any atom is -0.493 e. The second-order valence-electron chi connectivity index (χ2n) is 3.43. The van der Waals surface area contributed by atoms with E-state index >= 15 is 0 Å². The zero-order valence-electron chi connectivity index (χ0n) is 9.76. The van der Waals surface area contributed by atoms with Gasteiger partial charge in [0.05, 0.1) is 14.2 Å². The van der Waals surface area contributed by atoms with E-state index in [0.717, 1.165) is 5.56 Å². The molecule has 0 aliphatic carbocycles. The third-order valence-electron chi connectivity index (χ3n) is 2.48. The average molecular weight is 236 g/mol. The molecule has 17 heavy (non-hydrogen) atoms. The first-order valence-corrected chi connectivity index (χ1v) is 4.96. The number of aromatic nitrogens is 2. The van der Waals surface area contributed by atoms with Crippen molar-refractivity contribution in [2.24, 2.45) is 0 Å².